The standard InChI is InChI=1S/C11H22N2O3/c1-11(2,3)7-9(14)12-5-6-13-10(15)8-16-4/h5-8H2,1-4H3,(H,12,14)(H,13,15). The molecule has 0 bridgehead atoms. The molecule has 0 aromatic carbocycles. The minimum Gasteiger partial charge on any atom is -0.375 e. The molecule has 0 unspecified atom stereocenters. The van der Waals surface area contributed by atoms with E-state index < -0.39 is 0 Å². The number of hydrogen-bond donors (Lipinski definition) is 2. The van der Waals surface area contributed by atoms with Gasteiger partial charge in [-0.1, -0.05) is 20.8 Å². The Morgan fingerprint density at radius 3 is 2.00 bits per heavy atom. The van der Waals surface area contributed by atoms with Gasteiger partial charge < -0.3 is 15.4 Å². The first-order valence-electron chi connectivity index (χ1n) is 5.37. The monoisotopic (exact) mass is 230 g/mol. The predicted octanol–water partition coefficient (Wildman–Crippen LogP) is 0.301. The molecule has 0 spiro atoms. The Balaban J connectivity index is 3.52. The Kier molecular flexibility index (Phi) is 6.72. The van der Waals surface area contributed by atoms with Gasteiger partial charge in [-0.15, -0.1) is 0 Å². The van der Waals surface area contributed by atoms with Crippen LogP contribution in [0.3, 0.4) is 0 Å². The van der Waals surface area contributed by atoms with Crippen molar-refractivity contribution in [2.45, 2.75) is 27.2 Å². The second-order valence-electron chi connectivity index (χ2n) is 4.87. The fourth-order valence-corrected chi connectivity index (χ4v) is 1.13. The van der Waals surface area contributed by atoms with E-state index in [4.69, 9.17) is 0 Å². The second-order valence-corrected chi connectivity index (χ2v) is 4.87. The van der Waals surface area contributed by atoms with E-state index in [2.05, 4.69) is 15.4 Å². The van der Waals surface area contributed by atoms with Gasteiger partial charge in [0.05, 0.1) is 0 Å². The molecule has 0 saturated heterocycles. The molecule has 5 heteroatoms. The van der Waals surface area contributed by atoms with E-state index in [9.17, 15) is 9.59 Å². The molecule has 0 atom stereocenters. The first-order chi connectivity index (χ1) is 7.35. The number of rotatable bonds is 6. The lowest BCUT2D eigenvalue weighted by Gasteiger charge is -2.17. The van der Waals surface area contributed by atoms with E-state index in [1.54, 1.807) is 0 Å². The highest BCUT2D eigenvalue weighted by molar-refractivity contribution is 5.78. The van der Waals surface area contributed by atoms with Gasteiger partial charge in [0.15, 0.2) is 0 Å². The van der Waals surface area contributed by atoms with Crippen molar-refractivity contribution in [3.63, 3.8) is 0 Å². The van der Waals surface area contributed by atoms with E-state index >= 15 is 0 Å². The molecular formula is C11H22N2O3. The average molecular weight is 230 g/mol. The zero-order valence-corrected chi connectivity index (χ0v) is 10.6. The maximum absolute atomic E-state index is 11.4. The number of hydrogen-bond acceptors (Lipinski definition) is 3. The van der Waals surface area contributed by atoms with Crippen LogP contribution in [0.5, 0.6) is 0 Å². The fraction of sp³-hybridized carbons (Fsp3) is 0.818. The van der Waals surface area contributed by atoms with Crippen LogP contribution in [0.2, 0.25) is 0 Å². The summed E-state index contributed by atoms with van der Waals surface area (Å²) in [4.78, 5) is 22.3. The van der Waals surface area contributed by atoms with Crippen molar-refractivity contribution in [3.05, 3.63) is 0 Å². The first kappa shape index (κ1) is 14.9. The van der Waals surface area contributed by atoms with Crippen LogP contribution >= 0.6 is 0 Å². The van der Waals surface area contributed by atoms with Crippen LogP contribution in [0, 0.1) is 5.41 Å². The Hall–Kier alpha value is -1.10. The van der Waals surface area contributed by atoms with Gasteiger partial charge in [-0.25, -0.2) is 0 Å². The van der Waals surface area contributed by atoms with Gasteiger partial charge in [-0.2, -0.15) is 0 Å². The predicted molar refractivity (Wildman–Crippen MR) is 62.0 cm³/mol. The quantitative estimate of drug-likeness (QED) is 0.645. The lowest BCUT2D eigenvalue weighted by molar-refractivity contribution is -0.125. The van der Waals surface area contributed by atoms with Crippen LogP contribution in [0.4, 0.5) is 0 Å². The smallest absolute Gasteiger partial charge is 0.246 e. The van der Waals surface area contributed by atoms with Gasteiger partial charge in [0.25, 0.3) is 0 Å². The molecule has 0 aliphatic heterocycles. The summed E-state index contributed by atoms with van der Waals surface area (Å²) in [6.07, 6.45) is 0.485. The minimum absolute atomic E-state index is 0.00786. The van der Waals surface area contributed by atoms with Crippen LogP contribution in [-0.4, -0.2) is 38.6 Å². The van der Waals surface area contributed by atoms with Crippen LogP contribution in [0.25, 0.3) is 0 Å². The number of nitrogens with one attached hydrogen (secondary N) is 2. The van der Waals surface area contributed by atoms with Crippen molar-refractivity contribution >= 4 is 11.8 Å². The van der Waals surface area contributed by atoms with Crippen molar-refractivity contribution in [1.29, 1.82) is 0 Å². The average Bonchev–Trinajstić information content (AvgIpc) is 2.10. The van der Waals surface area contributed by atoms with Crippen molar-refractivity contribution < 1.29 is 14.3 Å². The Morgan fingerprint density at radius 2 is 1.56 bits per heavy atom. The molecule has 94 valence electrons. The molecular weight excluding hydrogens is 208 g/mol. The molecule has 2 N–H and O–H groups in total. The number of amides is 2. The number of methoxy groups -OCH3 is 1. The SMILES string of the molecule is COCC(=O)NCCNC(=O)CC(C)(C)C. The summed E-state index contributed by atoms with van der Waals surface area (Å²) in [7, 11) is 1.46. The molecule has 0 aromatic rings. The van der Waals surface area contributed by atoms with Crippen LogP contribution in [0.15, 0.2) is 0 Å². The molecule has 0 fully saturated rings. The largest absolute Gasteiger partial charge is 0.375 e. The summed E-state index contributed by atoms with van der Waals surface area (Å²) < 4.78 is 4.65. The first-order valence-corrected chi connectivity index (χ1v) is 5.37. The highest BCUT2D eigenvalue weighted by Gasteiger charge is 2.15. The molecule has 0 saturated carbocycles. The highest BCUT2D eigenvalue weighted by atomic mass is 16.5. The highest BCUT2D eigenvalue weighted by Crippen LogP contribution is 2.17. The van der Waals surface area contributed by atoms with Crippen LogP contribution in [-0.2, 0) is 14.3 Å². The van der Waals surface area contributed by atoms with Crippen molar-refractivity contribution in [1.82, 2.24) is 10.6 Å². The second kappa shape index (κ2) is 7.22. The maximum Gasteiger partial charge on any atom is 0.246 e. The summed E-state index contributed by atoms with van der Waals surface area (Å²) in [5.74, 6) is -0.166. The molecule has 0 aliphatic rings. The van der Waals surface area contributed by atoms with Crippen molar-refractivity contribution in [2.24, 2.45) is 5.41 Å². The van der Waals surface area contributed by atoms with Gasteiger partial charge in [-0.05, 0) is 5.41 Å². The van der Waals surface area contributed by atoms with Crippen LogP contribution in [0.1, 0.15) is 27.2 Å². The maximum atomic E-state index is 11.4. The molecule has 0 aromatic heterocycles. The topological polar surface area (TPSA) is 67.4 Å². The van der Waals surface area contributed by atoms with Crippen molar-refractivity contribution in [2.75, 3.05) is 26.8 Å². The van der Waals surface area contributed by atoms with Gasteiger partial charge >= 0.3 is 0 Å². The van der Waals surface area contributed by atoms with Gasteiger partial charge in [0, 0.05) is 26.6 Å². The molecule has 0 rings (SSSR count). The minimum atomic E-state index is -0.174. The third-order valence-corrected chi connectivity index (χ3v) is 1.74. The summed E-state index contributed by atoms with van der Waals surface area (Å²) in [6, 6.07) is 0. The number of ether oxygens (including phenoxy) is 1. The van der Waals surface area contributed by atoms with Gasteiger partial charge in [0.1, 0.15) is 6.61 Å². The van der Waals surface area contributed by atoms with E-state index in [0.717, 1.165) is 0 Å². The molecule has 2 amide bonds. The Bertz CT molecular complexity index is 234. The van der Waals surface area contributed by atoms with Crippen molar-refractivity contribution in [3.8, 4) is 0 Å². The summed E-state index contributed by atoms with van der Waals surface area (Å²) in [5, 5.41) is 5.37. The summed E-state index contributed by atoms with van der Waals surface area (Å²) in [6.45, 7) is 6.95. The normalized spacial score (nSPS) is 11.0. The molecule has 5 nitrogen and oxygen atoms in total. The third-order valence-electron chi connectivity index (χ3n) is 1.74. The third kappa shape index (κ3) is 9.45. The molecule has 16 heavy (non-hydrogen) atoms. The van der Waals surface area contributed by atoms with E-state index in [1.807, 2.05) is 20.8 Å². The number of carbonyl (C=O) groups excluding carboxylic acids is 2. The van der Waals surface area contributed by atoms with Gasteiger partial charge in [0.2, 0.25) is 11.8 Å². The molecule has 0 radical (unpaired) electrons. The van der Waals surface area contributed by atoms with E-state index in [-0.39, 0.29) is 23.8 Å². The zero-order valence-electron chi connectivity index (χ0n) is 10.6. The molecule has 0 aliphatic carbocycles. The number of carbonyl (C=O) groups is 2. The van der Waals surface area contributed by atoms with E-state index in [0.29, 0.717) is 19.5 Å². The summed E-state index contributed by atoms with van der Waals surface area (Å²) >= 11 is 0. The van der Waals surface area contributed by atoms with E-state index in [1.165, 1.54) is 7.11 Å². The lowest BCUT2D eigenvalue weighted by Crippen LogP contribution is -2.37. The molecule has 0 heterocycles. The van der Waals surface area contributed by atoms with Gasteiger partial charge in [-0.3, -0.25) is 9.59 Å². The zero-order chi connectivity index (χ0) is 12.6. The lowest BCUT2D eigenvalue weighted by atomic mass is 9.92. The fourth-order valence-electron chi connectivity index (χ4n) is 1.13. The van der Waals surface area contributed by atoms with Crippen LogP contribution < -0.4 is 10.6 Å². The summed E-state index contributed by atoms with van der Waals surface area (Å²) in [5.41, 5.74) is -0.0105. The Labute approximate surface area is 96.9 Å². The Morgan fingerprint density at radius 1 is 1.06 bits per heavy atom.